The number of aryl methyl sites for hydroxylation is 1. The molecular weight excluding hydrogens is 1060 g/mol. The zero-order valence-corrected chi connectivity index (χ0v) is 42.6. The van der Waals surface area contributed by atoms with Crippen molar-refractivity contribution in [2.24, 2.45) is 0 Å². The van der Waals surface area contributed by atoms with E-state index in [4.69, 9.17) is 53.0 Å². The van der Waals surface area contributed by atoms with E-state index in [2.05, 4.69) is 86.7 Å². The summed E-state index contributed by atoms with van der Waals surface area (Å²) in [4.78, 5) is 70.1. The summed E-state index contributed by atoms with van der Waals surface area (Å²) >= 11 is 0. The molecule has 402 valence electrons. The van der Waals surface area contributed by atoms with Crippen LogP contribution in [0.4, 0.5) is 11.6 Å². The van der Waals surface area contributed by atoms with Crippen LogP contribution in [0.25, 0.3) is 54.3 Å². The molecular formula is C47H51N8O18P3. The van der Waals surface area contributed by atoms with E-state index in [-0.39, 0.29) is 48.7 Å². The van der Waals surface area contributed by atoms with E-state index < -0.39 is 104 Å². The molecule has 3 saturated heterocycles. The van der Waals surface area contributed by atoms with Crippen molar-refractivity contribution in [2.75, 3.05) is 37.9 Å². The van der Waals surface area contributed by atoms with Crippen LogP contribution in [0.15, 0.2) is 96.4 Å². The van der Waals surface area contributed by atoms with Gasteiger partial charge in [-0.1, -0.05) is 66.7 Å². The highest BCUT2D eigenvalue weighted by molar-refractivity contribution is 7.47. The van der Waals surface area contributed by atoms with Gasteiger partial charge in [0.05, 0.1) is 32.8 Å². The molecule has 3 aliphatic heterocycles. The third-order valence-electron chi connectivity index (χ3n) is 13.7. The van der Waals surface area contributed by atoms with Crippen molar-refractivity contribution < 1.29 is 79.9 Å². The number of aliphatic hydroxyl groups is 1. The zero-order chi connectivity index (χ0) is 53.1. The summed E-state index contributed by atoms with van der Waals surface area (Å²) in [6, 6.07) is 24.7. The van der Waals surface area contributed by atoms with Gasteiger partial charge in [0.15, 0.2) is 17.8 Å². The normalized spacial score (nSPS) is 25.9. The van der Waals surface area contributed by atoms with Gasteiger partial charge in [-0.05, 0) is 67.6 Å². The van der Waals surface area contributed by atoms with Gasteiger partial charge in [-0.3, -0.25) is 31.8 Å². The van der Waals surface area contributed by atoms with Crippen LogP contribution in [0.2, 0.25) is 0 Å². The molecule has 0 saturated carbocycles. The Morgan fingerprint density at radius 1 is 0.671 bits per heavy atom. The van der Waals surface area contributed by atoms with Gasteiger partial charge in [0.2, 0.25) is 0 Å². The minimum atomic E-state index is -5.21. The molecule has 3 aromatic heterocycles. The number of aliphatic hydroxyl groups excluding tert-OH is 1. The second-order valence-electron chi connectivity index (χ2n) is 18.5. The first-order chi connectivity index (χ1) is 36.4. The maximum atomic E-state index is 13.6. The van der Waals surface area contributed by atoms with Crippen LogP contribution < -0.4 is 17.2 Å². The Morgan fingerprint density at radius 2 is 1.28 bits per heavy atom. The van der Waals surface area contributed by atoms with E-state index >= 15 is 0 Å². The van der Waals surface area contributed by atoms with Crippen LogP contribution in [-0.2, 0) is 61.7 Å². The number of ether oxygens (including phenoxy) is 4. The van der Waals surface area contributed by atoms with Gasteiger partial charge >= 0.3 is 29.2 Å². The first kappa shape index (κ1) is 52.6. The Morgan fingerprint density at radius 3 is 1.93 bits per heavy atom. The van der Waals surface area contributed by atoms with Gasteiger partial charge < -0.3 is 55.1 Å². The standard InChI is InChI=1S/C47H51N8O18P3/c48-38-14-15-54(47(57)53-38)39-18-33(72-75(61,62)66-21-36-32(71-74(58,59)60)17-40(69-36)55-24-52-44-45(49)50-23-51-46(44)55)37(68-39)22-67-76(63,64)73-34-19-41(70-35(34)20-56)65-16-4-7-25-12-13-31-29-10-2-6-26-5-1-9-28(42(26)29)30-11-3-8-27(25)43(30)31/h1-3,5-6,8-15,23-24,32-37,39-41,56H,4,7,16-22H2,(H,61,62)(H,63,64)(H2,48,53,57)(H2,49,50,51)(H2,58,59,60)/t32-,33-,34-,35+,36+,37+,39+,40+,41+/m0/s1. The van der Waals surface area contributed by atoms with Crippen molar-refractivity contribution >= 4 is 89.4 Å². The number of benzene rings is 5. The monoisotopic (exact) mass is 1110 g/mol. The molecule has 0 spiro atoms. The SMILES string of the molecule is Nc1ccn([C@H]2C[C@H](OP(=O)(O)OC[C@H]3O[C@@H](n4cnc5c(N)ncnc54)C[C@@H]3OP(=O)(O)O)[C@@H](COP(=O)(O)O[C@H]3C[C@H](OCCCc4ccc5c6cccc7cccc(c8cccc4c85)c76)O[C@@H]3CO)O2)c(=O)n1. The minimum absolute atomic E-state index is 0.0513. The summed E-state index contributed by atoms with van der Waals surface area (Å²) in [5, 5.41) is 19.7. The Hall–Kier alpha value is -5.44. The van der Waals surface area contributed by atoms with Crippen LogP contribution >= 0.6 is 23.5 Å². The summed E-state index contributed by atoms with van der Waals surface area (Å²) < 4.78 is 92.0. The summed E-state index contributed by atoms with van der Waals surface area (Å²) in [5.41, 5.74) is 12.3. The molecule has 6 heterocycles. The molecule has 29 heteroatoms. The van der Waals surface area contributed by atoms with E-state index in [1.165, 1.54) is 67.2 Å². The quantitative estimate of drug-likeness (QED) is 0.0225. The van der Waals surface area contributed by atoms with Crippen molar-refractivity contribution in [3.8, 4) is 0 Å². The molecule has 0 radical (unpaired) electrons. The molecule has 76 heavy (non-hydrogen) atoms. The second kappa shape index (κ2) is 21.1. The number of rotatable bonds is 20. The number of nitrogens with two attached hydrogens (primary N) is 2. The van der Waals surface area contributed by atoms with Crippen molar-refractivity contribution in [2.45, 2.75) is 87.5 Å². The Balaban J connectivity index is 0.719. The lowest BCUT2D eigenvalue weighted by Crippen LogP contribution is -2.31. The molecule has 11 rings (SSSR count). The number of nitrogens with zero attached hydrogens (tertiary/aromatic N) is 6. The van der Waals surface area contributed by atoms with E-state index in [0.717, 1.165) is 15.5 Å². The molecule has 8 aromatic rings. The highest BCUT2D eigenvalue weighted by atomic mass is 31.2. The van der Waals surface area contributed by atoms with E-state index in [0.29, 0.717) is 12.8 Å². The van der Waals surface area contributed by atoms with Crippen LogP contribution in [-0.4, -0.2) is 123 Å². The highest BCUT2D eigenvalue weighted by Crippen LogP contribution is 2.53. The Bertz CT molecular complexity index is 3610. The predicted octanol–water partition coefficient (Wildman–Crippen LogP) is 5.11. The molecule has 0 amide bonds. The number of nitrogen functional groups attached to an aromatic ring is 2. The molecule has 9 N–H and O–H groups in total. The zero-order valence-electron chi connectivity index (χ0n) is 39.9. The molecule has 0 bridgehead atoms. The first-order valence-corrected chi connectivity index (χ1v) is 28.5. The molecule has 3 aliphatic rings. The molecule has 3 fully saturated rings. The maximum absolute atomic E-state index is 13.6. The Kier molecular flexibility index (Phi) is 14.6. The van der Waals surface area contributed by atoms with Crippen LogP contribution in [0.5, 0.6) is 0 Å². The topological polar surface area (TPSA) is 366 Å². The summed E-state index contributed by atoms with van der Waals surface area (Å²) in [5.74, 6) is -0.0453. The van der Waals surface area contributed by atoms with Gasteiger partial charge in [0.25, 0.3) is 0 Å². The second-order valence-corrected chi connectivity index (χ2v) is 22.5. The largest absolute Gasteiger partial charge is 0.472 e. The predicted molar refractivity (Wildman–Crippen MR) is 270 cm³/mol. The fourth-order valence-corrected chi connectivity index (χ4v) is 12.9. The average Bonchev–Trinajstić information content (AvgIpc) is 4.24. The molecule has 26 nitrogen and oxygen atoms in total. The number of imidazole rings is 1. The Labute approximate surface area is 430 Å². The van der Waals surface area contributed by atoms with E-state index in [1.807, 2.05) is 0 Å². The average molecular weight is 1110 g/mol. The van der Waals surface area contributed by atoms with E-state index in [9.17, 15) is 43.2 Å². The van der Waals surface area contributed by atoms with E-state index in [1.54, 1.807) is 0 Å². The van der Waals surface area contributed by atoms with Crippen LogP contribution in [0.1, 0.15) is 43.7 Å². The van der Waals surface area contributed by atoms with Gasteiger partial charge in [-0.15, -0.1) is 0 Å². The van der Waals surface area contributed by atoms with Crippen LogP contribution in [0, 0.1) is 0 Å². The lowest BCUT2D eigenvalue weighted by Gasteiger charge is -2.24. The van der Waals surface area contributed by atoms with Crippen LogP contribution in [0.3, 0.4) is 0 Å². The smallest absolute Gasteiger partial charge is 0.394 e. The van der Waals surface area contributed by atoms with Gasteiger partial charge in [0.1, 0.15) is 66.7 Å². The molecule has 0 aliphatic carbocycles. The fourth-order valence-electron chi connectivity index (χ4n) is 10.4. The first-order valence-electron chi connectivity index (χ1n) is 24.0. The number of fused-ring (bicyclic) bond motifs is 3. The maximum Gasteiger partial charge on any atom is 0.472 e. The number of phosphoric acid groups is 3. The summed E-state index contributed by atoms with van der Waals surface area (Å²) in [6.45, 7) is -1.98. The fraction of sp³-hybridized carbons (Fsp3) is 0.383. The minimum Gasteiger partial charge on any atom is -0.394 e. The van der Waals surface area contributed by atoms with Crippen molar-refractivity contribution in [1.82, 2.24) is 29.1 Å². The molecule has 11 atom stereocenters. The number of hydrogen-bond acceptors (Lipinski definition) is 20. The molecule has 2 unspecified atom stereocenters. The summed E-state index contributed by atoms with van der Waals surface area (Å²) in [7, 11) is -15.4. The third kappa shape index (κ3) is 10.9. The van der Waals surface area contributed by atoms with Gasteiger partial charge in [-0.2, -0.15) is 4.98 Å². The lowest BCUT2D eigenvalue weighted by molar-refractivity contribution is -0.143. The molecule has 5 aromatic carbocycles. The number of anilines is 2. The number of phosphoric ester groups is 3. The number of aromatic nitrogens is 6. The van der Waals surface area contributed by atoms with Crippen molar-refractivity contribution in [1.29, 1.82) is 0 Å². The lowest BCUT2D eigenvalue weighted by atomic mass is 9.88. The van der Waals surface area contributed by atoms with Crippen molar-refractivity contribution in [3.63, 3.8) is 0 Å². The van der Waals surface area contributed by atoms with Crippen molar-refractivity contribution in [3.05, 3.63) is 108 Å². The third-order valence-corrected chi connectivity index (χ3v) is 16.3. The highest BCUT2D eigenvalue weighted by Gasteiger charge is 2.47. The van der Waals surface area contributed by atoms with Gasteiger partial charge in [-0.25, -0.2) is 33.4 Å². The summed E-state index contributed by atoms with van der Waals surface area (Å²) in [6.07, 6.45) is -6.74. The number of hydrogen-bond donors (Lipinski definition) is 7. The van der Waals surface area contributed by atoms with Gasteiger partial charge in [0, 0.05) is 25.5 Å².